The Morgan fingerprint density at radius 3 is 1.22 bits per heavy atom. The normalized spacial score (nSPS) is 19.8. The number of benzene rings is 4. The predicted molar refractivity (Wildman–Crippen MR) is 313 cm³/mol. The van der Waals surface area contributed by atoms with Crippen LogP contribution in [0, 0.1) is 0 Å². The minimum absolute atomic E-state index is 0.0167. The zero-order valence-electron chi connectivity index (χ0n) is 47.4. The molecule has 29 heteroatoms. The maximum Gasteiger partial charge on any atom is 0.329 e. The van der Waals surface area contributed by atoms with E-state index in [4.69, 9.17) is 14.8 Å². The molecule has 5 aliphatic rings. The molecule has 5 aliphatic heterocycles. The summed E-state index contributed by atoms with van der Waals surface area (Å²) in [6.45, 7) is -1.97. The van der Waals surface area contributed by atoms with E-state index in [9.17, 15) is 68.4 Å². The van der Waals surface area contributed by atoms with E-state index in [1.807, 2.05) is 9.80 Å². The summed E-state index contributed by atoms with van der Waals surface area (Å²) in [7, 11) is 0. The zero-order chi connectivity index (χ0) is 62.4. The van der Waals surface area contributed by atoms with E-state index in [-0.39, 0.29) is 173 Å². The van der Waals surface area contributed by atoms with Gasteiger partial charge in [-0.05, 0) is 67.8 Å². The molecule has 4 aromatic rings. The molecule has 0 radical (unpaired) electrons. The van der Waals surface area contributed by atoms with Crippen LogP contribution < -0.4 is 47.9 Å². The lowest BCUT2D eigenvalue weighted by atomic mass is 10.0. The Bertz CT molecular complexity index is 3230. The van der Waals surface area contributed by atoms with Gasteiger partial charge in [-0.2, -0.15) is 0 Å². The van der Waals surface area contributed by atoms with Gasteiger partial charge in [-0.1, -0.05) is 24.3 Å². The molecule has 12 bridgehead atoms. The summed E-state index contributed by atoms with van der Waals surface area (Å²) in [5.74, 6) is -10.7. The molecule has 0 saturated carbocycles. The molecule has 0 aromatic heterocycles. The van der Waals surface area contributed by atoms with Crippen molar-refractivity contribution in [2.24, 2.45) is 9.98 Å². The third-order valence-electron chi connectivity index (χ3n) is 14.2. The number of amides is 9. The number of ether oxygens (including phenoxy) is 1. The number of nitrogens with one attached hydrogen (secondary N) is 9. The van der Waals surface area contributed by atoms with Gasteiger partial charge in [-0.25, -0.2) is 4.79 Å². The van der Waals surface area contributed by atoms with E-state index in [0.717, 1.165) is 0 Å². The molecule has 9 amide bonds. The number of para-hydroxylation sites is 4. The molecule has 5 heterocycles. The van der Waals surface area contributed by atoms with Crippen LogP contribution in [0.4, 0.5) is 0 Å². The first kappa shape index (κ1) is 64.6. The van der Waals surface area contributed by atoms with E-state index in [1.54, 1.807) is 0 Å². The molecular formula is C58H69N13O16. The minimum Gasteiger partial charge on any atom is -0.506 e. The highest BCUT2D eigenvalue weighted by Crippen LogP contribution is 2.26. The second-order valence-electron chi connectivity index (χ2n) is 20.1. The van der Waals surface area contributed by atoms with Gasteiger partial charge in [0.05, 0.1) is 94.7 Å². The SMILES string of the molecule is O=C(O)COCC(=O)NCCCCC1NC(=O)c2cccc(c2O)C(=O)NCCN2CCNC(=O)c3cccc(c3O)C(=O)NC/C1=N\CCN=C1CNC(=O)c3cccc(c3O)C(=O)NCCN(CCNC(=O)c3cccc(c3O)C(=O)NC1)CC2. The fourth-order valence-electron chi connectivity index (χ4n) is 9.51. The summed E-state index contributed by atoms with van der Waals surface area (Å²) in [6, 6.07) is 15.0. The number of nitrogens with zero attached hydrogens (tertiary/aromatic N) is 4. The van der Waals surface area contributed by atoms with Gasteiger partial charge in [-0.15, -0.1) is 0 Å². The molecule has 0 aliphatic carbocycles. The van der Waals surface area contributed by atoms with Crippen LogP contribution >= 0.6 is 0 Å². The first-order valence-electron chi connectivity index (χ1n) is 28.0. The van der Waals surface area contributed by atoms with E-state index in [0.29, 0.717) is 0 Å². The van der Waals surface area contributed by atoms with Crippen LogP contribution in [0.15, 0.2) is 82.8 Å². The average molecular weight is 1200 g/mol. The lowest BCUT2D eigenvalue weighted by molar-refractivity contribution is -0.143. The number of carboxylic acids is 1. The first-order valence-corrected chi connectivity index (χ1v) is 28.0. The number of carbonyl (C=O) groups is 10. The van der Waals surface area contributed by atoms with Gasteiger partial charge < -0.3 is 78.1 Å². The van der Waals surface area contributed by atoms with Crippen molar-refractivity contribution in [2.75, 3.05) is 118 Å². The number of hydrogen-bond acceptors (Lipinski definition) is 19. The van der Waals surface area contributed by atoms with Gasteiger partial charge in [0.1, 0.15) is 36.2 Å². The number of carboxylic acid groups (broad SMARTS) is 1. The van der Waals surface area contributed by atoms with Crippen LogP contribution in [-0.4, -0.2) is 230 Å². The highest BCUT2D eigenvalue weighted by atomic mass is 16.5. The van der Waals surface area contributed by atoms with Gasteiger partial charge in [0.2, 0.25) is 5.91 Å². The number of hydrogen-bond donors (Lipinski definition) is 14. The average Bonchev–Trinajstić information content (AvgIpc) is 3.25. The summed E-state index contributed by atoms with van der Waals surface area (Å²) >= 11 is 0. The van der Waals surface area contributed by atoms with E-state index in [2.05, 4.69) is 52.8 Å². The minimum atomic E-state index is -1.27. The van der Waals surface area contributed by atoms with Gasteiger partial charge in [0.25, 0.3) is 47.3 Å². The number of phenolic OH excluding ortho intramolecular Hbond substituents is 4. The van der Waals surface area contributed by atoms with Crippen LogP contribution in [0.2, 0.25) is 0 Å². The van der Waals surface area contributed by atoms with Crippen molar-refractivity contribution in [1.82, 2.24) is 57.7 Å². The molecule has 0 spiro atoms. The Hall–Kier alpha value is -10.0. The van der Waals surface area contributed by atoms with E-state index < -0.39 is 108 Å². The van der Waals surface area contributed by atoms with Crippen molar-refractivity contribution in [3.63, 3.8) is 0 Å². The molecule has 0 saturated heterocycles. The summed E-state index contributed by atoms with van der Waals surface area (Å²) in [5, 5.41) is 79.3. The van der Waals surface area contributed by atoms with Crippen LogP contribution in [0.25, 0.3) is 0 Å². The van der Waals surface area contributed by atoms with Gasteiger partial charge >= 0.3 is 5.97 Å². The standard InChI is InChI=1S/C58H69N13O16/c72-45(32-87-33-46(73)74)61-16-2-1-15-43-44-31-68-57(85)41-13-5-9-37(49(41)77)53(81)64-21-25-71(26-22-65-54(82)38-10-6-14-42(50(38)78)58(86)69-43)28-27-70-23-19-62-51(79)35-7-3-11-39(47(35)75)55(83)66-29-34(59-17-18-60-44)30-67-56(84)40-12-4-8-36(48(40)76)52(80)63-20-24-70/h3-14,43,75-78H,1-2,15-33H2,(H,61,72)(H,62,79)(H,63,80)(H,64,81)(H,65,82)(H,66,83)(H,67,84)(H,68,85)(H,69,86)(H,73,74)/b60-44+. The summed E-state index contributed by atoms with van der Waals surface area (Å²) < 4.78 is 4.86. The molecule has 4 aromatic carbocycles. The molecule has 9 rings (SSSR count). The van der Waals surface area contributed by atoms with Crippen molar-refractivity contribution in [3.05, 3.63) is 117 Å². The third kappa shape index (κ3) is 18.3. The summed E-state index contributed by atoms with van der Waals surface area (Å²) in [5.41, 5.74) is -1.88. The molecule has 29 nitrogen and oxygen atoms in total. The number of aliphatic carboxylic acids is 1. The third-order valence-corrected chi connectivity index (χ3v) is 14.2. The monoisotopic (exact) mass is 1200 g/mol. The smallest absolute Gasteiger partial charge is 0.329 e. The predicted octanol–water partition coefficient (Wildman–Crippen LogP) is -1.27. The number of aliphatic imine (C=N–C) groups is 2. The highest BCUT2D eigenvalue weighted by molar-refractivity contribution is 6.09. The van der Waals surface area contributed by atoms with Crippen molar-refractivity contribution in [2.45, 2.75) is 25.3 Å². The molecular weight excluding hydrogens is 1130 g/mol. The molecule has 0 fully saturated rings. The Morgan fingerprint density at radius 1 is 0.471 bits per heavy atom. The van der Waals surface area contributed by atoms with Crippen molar-refractivity contribution in [1.29, 1.82) is 0 Å². The number of unbranched alkanes of at least 4 members (excludes halogenated alkanes) is 1. The Balaban J connectivity index is 1.34. The second kappa shape index (κ2) is 31.8. The van der Waals surface area contributed by atoms with Crippen LogP contribution in [0.1, 0.15) is 102 Å². The fraction of sp³-hybridized carbons (Fsp3) is 0.379. The van der Waals surface area contributed by atoms with E-state index in [1.165, 1.54) is 72.8 Å². The molecule has 87 heavy (non-hydrogen) atoms. The van der Waals surface area contributed by atoms with Crippen molar-refractivity contribution in [3.8, 4) is 23.0 Å². The number of carbonyl (C=O) groups excluding carboxylic acids is 9. The lowest BCUT2D eigenvalue weighted by Gasteiger charge is -2.28. The zero-order valence-corrected chi connectivity index (χ0v) is 47.4. The van der Waals surface area contributed by atoms with Crippen LogP contribution in [-0.2, 0) is 14.3 Å². The lowest BCUT2D eigenvalue weighted by Crippen LogP contribution is -2.46. The first-order chi connectivity index (χ1) is 41.9. The van der Waals surface area contributed by atoms with Crippen molar-refractivity contribution < 1.29 is 78.2 Å². The second-order valence-corrected chi connectivity index (χ2v) is 20.1. The summed E-state index contributed by atoms with van der Waals surface area (Å²) in [6.07, 6.45) is 0.551. The maximum absolute atomic E-state index is 14.5. The Morgan fingerprint density at radius 2 is 0.828 bits per heavy atom. The molecule has 462 valence electrons. The number of fused-ring (bicyclic) bond motifs is 10. The van der Waals surface area contributed by atoms with Gasteiger partial charge in [0.15, 0.2) is 0 Å². The topological polar surface area (TPSA) is 421 Å². The van der Waals surface area contributed by atoms with E-state index >= 15 is 0 Å². The molecule has 2 atom stereocenters. The highest BCUT2D eigenvalue weighted by Gasteiger charge is 2.28. The van der Waals surface area contributed by atoms with Gasteiger partial charge in [0, 0.05) is 72.0 Å². The maximum atomic E-state index is 14.5. The van der Waals surface area contributed by atoms with Crippen molar-refractivity contribution >= 4 is 70.6 Å². The van der Waals surface area contributed by atoms with Crippen LogP contribution in [0.3, 0.4) is 0 Å². The summed E-state index contributed by atoms with van der Waals surface area (Å²) in [4.78, 5) is 148. The van der Waals surface area contributed by atoms with Gasteiger partial charge in [-0.3, -0.25) is 62.9 Å². The fourth-order valence-corrected chi connectivity index (χ4v) is 9.51. The van der Waals surface area contributed by atoms with Crippen LogP contribution in [0.5, 0.6) is 23.0 Å². The number of phenols is 4. The Labute approximate surface area is 498 Å². The number of rotatable bonds is 9. The molecule has 14 N–H and O–H groups in total. The largest absolute Gasteiger partial charge is 0.506 e. The Kier molecular flexibility index (Phi) is 23.6. The number of aromatic hydroxyl groups is 4. The molecule has 2 unspecified atom stereocenters. The quantitative estimate of drug-likeness (QED) is 0.0869.